The molecule has 2 aliphatic rings. The van der Waals surface area contributed by atoms with E-state index in [0.717, 1.165) is 66.4 Å². The number of rotatable bonds is 4. The molecule has 8 heteroatoms. The number of fused-ring (bicyclic) bond motifs is 1. The molecule has 156 valence electrons. The van der Waals surface area contributed by atoms with Crippen molar-refractivity contribution in [1.29, 1.82) is 0 Å². The van der Waals surface area contributed by atoms with Gasteiger partial charge in [0.25, 0.3) is 5.91 Å². The summed E-state index contributed by atoms with van der Waals surface area (Å²) in [7, 11) is 0. The maximum Gasteiger partial charge on any atom is 0.274 e. The van der Waals surface area contributed by atoms with Crippen LogP contribution >= 0.6 is 11.3 Å². The molecule has 3 heterocycles. The summed E-state index contributed by atoms with van der Waals surface area (Å²) in [6, 6.07) is 6.44. The maximum atomic E-state index is 13.1. The molecule has 0 saturated carbocycles. The van der Waals surface area contributed by atoms with E-state index in [2.05, 4.69) is 20.5 Å². The van der Waals surface area contributed by atoms with E-state index in [1.165, 1.54) is 18.6 Å². The van der Waals surface area contributed by atoms with Gasteiger partial charge in [0.1, 0.15) is 10.8 Å². The topological polar surface area (TPSA) is 65.1 Å². The summed E-state index contributed by atoms with van der Waals surface area (Å²) in [5.41, 5.74) is 4.85. The maximum absolute atomic E-state index is 13.1. The summed E-state index contributed by atoms with van der Waals surface area (Å²) in [6.45, 7) is 3.81. The second-order valence-corrected chi connectivity index (χ2v) is 8.81. The first-order chi connectivity index (χ1) is 14.7. The van der Waals surface area contributed by atoms with E-state index in [4.69, 9.17) is 4.98 Å². The predicted octanol–water partition coefficient (Wildman–Crippen LogP) is 3.51. The van der Waals surface area contributed by atoms with Gasteiger partial charge in [-0.2, -0.15) is 5.10 Å². The van der Waals surface area contributed by atoms with Crippen LogP contribution in [0.1, 0.15) is 40.3 Å². The number of aromatic nitrogens is 3. The van der Waals surface area contributed by atoms with Crippen molar-refractivity contribution in [2.45, 2.75) is 32.2 Å². The Balaban J connectivity index is 1.18. The number of hydrogen-bond donors (Lipinski definition) is 1. The monoisotopic (exact) mass is 425 g/mol. The summed E-state index contributed by atoms with van der Waals surface area (Å²) in [5, 5.41) is 10.4. The van der Waals surface area contributed by atoms with Gasteiger partial charge in [0, 0.05) is 54.9 Å². The fourth-order valence-corrected chi connectivity index (χ4v) is 5.07. The van der Waals surface area contributed by atoms with Gasteiger partial charge >= 0.3 is 0 Å². The zero-order valence-electron chi connectivity index (χ0n) is 16.7. The molecule has 0 bridgehead atoms. The van der Waals surface area contributed by atoms with Gasteiger partial charge in [-0.1, -0.05) is 0 Å². The molecule has 1 amide bonds. The number of carbonyl (C=O) groups is 1. The van der Waals surface area contributed by atoms with Gasteiger partial charge in [0.05, 0.1) is 5.69 Å². The molecule has 1 aliphatic carbocycles. The number of piperazine rings is 1. The van der Waals surface area contributed by atoms with Crippen molar-refractivity contribution < 1.29 is 9.18 Å². The van der Waals surface area contributed by atoms with Crippen molar-refractivity contribution in [2.24, 2.45) is 0 Å². The van der Waals surface area contributed by atoms with Gasteiger partial charge in [-0.3, -0.25) is 14.8 Å². The van der Waals surface area contributed by atoms with Gasteiger partial charge in [-0.05, 0) is 49.9 Å². The first-order valence-electron chi connectivity index (χ1n) is 10.5. The average molecular weight is 426 g/mol. The first kappa shape index (κ1) is 19.4. The molecule has 6 nitrogen and oxygen atoms in total. The van der Waals surface area contributed by atoms with Crippen molar-refractivity contribution in [2.75, 3.05) is 26.2 Å². The molecule has 1 aliphatic heterocycles. The number of aromatic amines is 1. The summed E-state index contributed by atoms with van der Waals surface area (Å²) < 4.78 is 13.1. The molecule has 1 aromatic carbocycles. The fraction of sp³-hybridized carbons (Fsp3) is 0.409. The van der Waals surface area contributed by atoms with Gasteiger partial charge in [-0.25, -0.2) is 9.37 Å². The number of aryl methyl sites for hydroxylation is 1. The van der Waals surface area contributed by atoms with E-state index in [1.807, 2.05) is 4.90 Å². The minimum atomic E-state index is -0.238. The minimum Gasteiger partial charge on any atom is -0.335 e. The number of amides is 1. The molecule has 1 saturated heterocycles. The lowest BCUT2D eigenvalue weighted by Gasteiger charge is -2.34. The van der Waals surface area contributed by atoms with Crippen LogP contribution in [0, 0.1) is 5.82 Å². The Labute approximate surface area is 178 Å². The Morgan fingerprint density at radius 3 is 2.67 bits per heavy atom. The van der Waals surface area contributed by atoms with Crippen molar-refractivity contribution >= 4 is 17.2 Å². The van der Waals surface area contributed by atoms with Crippen LogP contribution in [-0.4, -0.2) is 57.1 Å². The van der Waals surface area contributed by atoms with Crippen LogP contribution in [-0.2, 0) is 19.4 Å². The minimum absolute atomic E-state index is 0.0568. The van der Waals surface area contributed by atoms with E-state index in [1.54, 1.807) is 23.5 Å². The van der Waals surface area contributed by atoms with Crippen LogP contribution in [0.4, 0.5) is 4.39 Å². The number of hydrogen-bond acceptors (Lipinski definition) is 5. The van der Waals surface area contributed by atoms with E-state index in [0.29, 0.717) is 18.8 Å². The fourth-order valence-electron chi connectivity index (χ4n) is 4.25. The smallest absolute Gasteiger partial charge is 0.274 e. The summed E-state index contributed by atoms with van der Waals surface area (Å²) >= 11 is 1.58. The van der Waals surface area contributed by atoms with Crippen LogP contribution < -0.4 is 0 Å². The quantitative estimate of drug-likeness (QED) is 0.695. The largest absolute Gasteiger partial charge is 0.335 e. The molecular formula is C22H24FN5OS. The number of benzene rings is 1. The predicted molar refractivity (Wildman–Crippen MR) is 114 cm³/mol. The normalized spacial score (nSPS) is 17.2. The third-order valence-corrected chi connectivity index (χ3v) is 6.89. The SMILES string of the molecule is O=C(c1n[nH]c2c1CCCC2)N1CCN(Cc2csc(-c3ccc(F)cc3)n2)CC1. The van der Waals surface area contributed by atoms with Crippen LogP contribution in [0.3, 0.4) is 0 Å². The summed E-state index contributed by atoms with van der Waals surface area (Å²) in [5.74, 6) is -0.181. The van der Waals surface area contributed by atoms with E-state index >= 15 is 0 Å². The molecule has 0 atom stereocenters. The molecule has 0 unspecified atom stereocenters. The lowest BCUT2D eigenvalue weighted by molar-refractivity contribution is 0.0620. The van der Waals surface area contributed by atoms with Crippen LogP contribution in [0.5, 0.6) is 0 Å². The number of thiazole rings is 1. The van der Waals surface area contributed by atoms with Crippen LogP contribution in [0.15, 0.2) is 29.6 Å². The van der Waals surface area contributed by atoms with Crippen molar-refractivity contribution in [1.82, 2.24) is 25.0 Å². The Kier molecular flexibility index (Phi) is 5.35. The molecule has 5 rings (SSSR count). The molecule has 0 spiro atoms. The lowest BCUT2D eigenvalue weighted by Crippen LogP contribution is -2.48. The Morgan fingerprint density at radius 2 is 1.87 bits per heavy atom. The number of halogens is 1. The van der Waals surface area contributed by atoms with E-state index in [9.17, 15) is 9.18 Å². The number of nitrogens with one attached hydrogen (secondary N) is 1. The summed E-state index contributed by atoms with van der Waals surface area (Å²) in [6.07, 6.45) is 4.25. The first-order valence-corrected chi connectivity index (χ1v) is 11.3. The van der Waals surface area contributed by atoms with Crippen LogP contribution in [0.25, 0.3) is 10.6 Å². The molecule has 2 aromatic heterocycles. The standard InChI is InChI=1S/C22H24FN5OS/c23-16-7-5-15(6-8-16)21-24-17(14-30-21)13-27-9-11-28(12-10-27)22(29)20-18-3-1-2-4-19(18)25-26-20/h5-8,14H,1-4,9-13H2,(H,25,26). The van der Waals surface area contributed by atoms with Gasteiger partial charge in [0.2, 0.25) is 0 Å². The molecule has 3 aromatic rings. The third-order valence-electron chi connectivity index (χ3n) is 5.95. The van der Waals surface area contributed by atoms with Gasteiger partial charge in [-0.15, -0.1) is 11.3 Å². The molecule has 1 N–H and O–H groups in total. The van der Waals surface area contributed by atoms with Gasteiger partial charge < -0.3 is 4.90 Å². The Bertz CT molecular complexity index is 1040. The van der Waals surface area contributed by atoms with Gasteiger partial charge in [0.15, 0.2) is 5.69 Å². The van der Waals surface area contributed by atoms with Crippen molar-refractivity contribution in [3.05, 3.63) is 58.1 Å². The highest BCUT2D eigenvalue weighted by atomic mass is 32.1. The van der Waals surface area contributed by atoms with Crippen LogP contribution in [0.2, 0.25) is 0 Å². The van der Waals surface area contributed by atoms with Crippen molar-refractivity contribution in [3.8, 4) is 10.6 Å². The molecule has 30 heavy (non-hydrogen) atoms. The third kappa shape index (κ3) is 3.89. The van der Waals surface area contributed by atoms with Crippen molar-refractivity contribution in [3.63, 3.8) is 0 Å². The highest BCUT2D eigenvalue weighted by molar-refractivity contribution is 7.13. The Morgan fingerprint density at radius 1 is 1.10 bits per heavy atom. The Hall–Kier alpha value is -2.58. The average Bonchev–Trinajstić information content (AvgIpc) is 3.42. The highest BCUT2D eigenvalue weighted by Crippen LogP contribution is 2.26. The molecular weight excluding hydrogens is 401 g/mol. The zero-order chi connectivity index (χ0) is 20.5. The molecule has 1 fully saturated rings. The number of nitrogens with zero attached hydrogens (tertiary/aromatic N) is 4. The molecule has 0 radical (unpaired) electrons. The van der Waals surface area contributed by atoms with E-state index in [-0.39, 0.29) is 11.7 Å². The van der Waals surface area contributed by atoms with E-state index < -0.39 is 0 Å². The second-order valence-electron chi connectivity index (χ2n) is 7.96. The summed E-state index contributed by atoms with van der Waals surface area (Å²) in [4.78, 5) is 21.9. The highest BCUT2D eigenvalue weighted by Gasteiger charge is 2.28. The lowest BCUT2D eigenvalue weighted by atomic mass is 9.95. The second kappa shape index (κ2) is 8.28. The number of carbonyl (C=O) groups excluding carboxylic acids is 1. The zero-order valence-corrected chi connectivity index (χ0v) is 17.6. The number of H-pyrrole nitrogens is 1.